The van der Waals surface area contributed by atoms with E-state index in [2.05, 4.69) is 17.2 Å². The van der Waals surface area contributed by atoms with Crippen LogP contribution in [0.15, 0.2) is 30.5 Å². The number of hydrogen-bond acceptors (Lipinski definition) is 4. The molecule has 1 atom stereocenters. The Bertz CT molecular complexity index is 611. The Hall–Kier alpha value is -1.94. The highest BCUT2D eigenvalue weighted by atomic mass is 35.5. The fourth-order valence-electron chi connectivity index (χ4n) is 2.12. The first-order valence-corrected chi connectivity index (χ1v) is 7.04. The van der Waals surface area contributed by atoms with E-state index in [1.807, 2.05) is 31.2 Å². The molecule has 1 heterocycles. The molecule has 0 spiro atoms. The number of aromatic nitrogens is 1. The summed E-state index contributed by atoms with van der Waals surface area (Å²) in [5.41, 5.74) is 2.98. The molecule has 0 aliphatic rings. The van der Waals surface area contributed by atoms with Crippen molar-refractivity contribution in [1.82, 2.24) is 4.98 Å². The molecule has 4 nitrogen and oxygen atoms in total. The van der Waals surface area contributed by atoms with Crippen LogP contribution in [0.5, 0.6) is 11.5 Å². The van der Waals surface area contributed by atoms with Gasteiger partial charge in [-0.1, -0.05) is 17.7 Å². The number of ether oxygens (including phenoxy) is 2. The van der Waals surface area contributed by atoms with E-state index in [1.54, 1.807) is 20.4 Å². The van der Waals surface area contributed by atoms with E-state index in [9.17, 15) is 0 Å². The van der Waals surface area contributed by atoms with Crippen LogP contribution in [0, 0.1) is 6.92 Å². The Kier molecular flexibility index (Phi) is 4.91. The third kappa shape index (κ3) is 3.39. The number of hydrogen-bond donors (Lipinski definition) is 1. The molecule has 0 amide bonds. The molecule has 0 bridgehead atoms. The third-order valence-electron chi connectivity index (χ3n) is 3.38. The number of methoxy groups -OCH3 is 2. The summed E-state index contributed by atoms with van der Waals surface area (Å²) in [7, 11) is 3.25. The summed E-state index contributed by atoms with van der Waals surface area (Å²) in [4.78, 5) is 4.11. The third-order valence-corrected chi connectivity index (χ3v) is 3.67. The second-order valence-corrected chi connectivity index (χ2v) is 5.13. The molecule has 0 saturated heterocycles. The van der Waals surface area contributed by atoms with E-state index in [0.717, 1.165) is 16.8 Å². The minimum Gasteiger partial charge on any atom is -0.493 e. The summed E-state index contributed by atoms with van der Waals surface area (Å²) in [6.07, 6.45) is 1.70. The lowest BCUT2D eigenvalue weighted by Crippen LogP contribution is -2.09. The Balaban J connectivity index is 2.26. The van der Waals surface area contributed by atoms with Gasteiger partial charge in [0.25, 0.3) is 0 Å². The standard InChI is InChI=1S/C16H19ClN2O2/c1-10-7-8-18-16(17)15(10)19-11(2)12-5-6-13(20-3)14(9-12)21-4/h5-9,11,19H,1-4H3. The van der Waals surface area contributed by atoms with Gasteiger partial charge in [-0.2, -0.15) is 0 Å². The Morgan fingerprint density at radius 2 is 1.86 bits per heavy atom. The number of anilines is 1. The van der Waals surface area contributed by atoms with Crippen LogP contribution in [-0.2, 0) is 0 Å². The second kappa shape index (κ2) is 6.68. The lowest BCUT2D eigenvalue weighted by molar-refractivity contribution is 0.354. The van der Waals surface area contributed by atoms with Gasteiger partial charge in [0, 0.05) is 12.2 Å². The summed E-state index contributed by atoms with van der Waals surface area (Å²) >= 11 is 6.15. The molecule has 21 heavy (non-hydrogen) atoms. The molecule has 1 unspecified atom stereocenters. The highest BCUT2D eigenvalue weighted by molar-refractivity contribution is 6.32. The first kappa shape index (κ1) is 15.4. The summed E-state index contributed by atoms with van der Waals surface area (Å²) in [6, 6.07) is 7.83. The fraction of sp³-hybridized carbons (Fsp3) is 0.312. The number of halogens is 1. The first-order chi connectivity index (χ1) is 10.1. The monoisotopic (exact) mass is 306 g/mol. The van der Waals surface area contributed by atoms with Gasteiger partial charge < -0.3 is 14.8 Å². The highest BCUT2D eigenvalue weighted by Gasteiger charge is 2.13. The normalized spacial score (nSPS) is 11.9. The molecule has 0 aliphatic carbocycles. The van der Waals surface area contributed by atoms with Crippen LogP contribution >= 0.6 is 11.6 Å². The first-order valence-electron chi connectivity index (χ1n) is 6.66. The van der Waals surface area contributed by atoms with Gasteiger partial charge in [0.2, 0.25) is 0 Å². The maximum atomic E-state index is 6.15. The van der Waals surface area contributed by atoms with Crippen molar-refractivity contribution in [3.05, 3.63) is 46.7 Å². The van der Waals surface area contributed by atoms with Crippen LogP contribution in [0.1, 0.15) is 24.1 Å². The van der Waals surface area contributed by atoms with Gasteiger partial charge >= 0.3 is 0 Å². The topological polar surface area (TPSA) is 43.4 Å². The molecule has 1 N–H and O–H groups in total. The lowest BCUT2D eigenvalue weighted by atomic mass is 10.1. The minimum atomic E-state index is 0.0604. The smallest absolute Gasteiger partial charge is 0.161 e. The molecule has 1 aromatic carbocycles. The van der Waals surface area contributed by atoms with E-state index in [-0.39, 0.29) is 6.04 Å². The van der Waals surface area contributed by atoms with Gasteiger partial charge in [-0.25, -0.2) is 4.98 Å². The SMILES string of the molecule is COc1ccc(C(C)Nc2c(C)ccnc2Cl)cc1OC. The zero-order valence-corrected chi connectivity index (χ0v) is 13.4. The zero-order chi connectivity index (χ0) is 15.4. The molecule has 2 rings (SSSR count). The van der Waals surface area contributed by atoms with E-state index in [1.165, 1.54) is 0 Å². The van der Waals surface area contributed by atoms with Gasteiger partial charge in [-0.15, -0.1) is 0 Å². The van der Waals surface area contributed by atoms with Gasteiger partial charge in [-0.05, 0) is 43.2 Å². The van der Waals surface area contributed by atoms with Crippen molar-refractivity contribution < 1.29 is 9.47 Å². The van der Waals surface area contributed by atoms with Gasteiger partial charge in [-0.3, -0.25) is 0 Å². The van der Waals surface area contributed by atoms with Crippen LogP contribution in [-0.4, -0.2) is 19.2 Å². The second-order valence-electron chi connectivity index (χ2n) is 4.77. The fourth-order valence-corrected chi connectivity index (χ4v) is 2.38. The van der Waals surface area contributed by atoms with Crippen LogP contribution < -0.4 is 14.8 Å². The zero-order valence-electron chi connectivity index (χ0n) is 12.6. The number of benzene rings is 1. The van der Waals surface area contributed by atoms with Gasteiger partial charge in [0.05, 0.1) is 19.9 Å². The van der Waals surface area contributed by atoms with E-state index >= 15 is 0 Å². The maximum absolute atomic E-state index is 6.15. The maximum Gasteiger partial charge on any atom is 0.161 e. The van der Waals surface area contributed by atoms with Crippen molar-refractivity contribution in [3.63, 3.8) is 0 Å². The minimum absolute atomic E-state index is 0.0604. The lowest BCUT2D eigenvalue weighted by Gasteiger charge is -2.19. The Morgan fingerprint density at radius 1 is 1.14 bits per heavy atom. The summed E-state index contributed by atoms with van der Waals surface area (Å²) in [5, 5.41) is 3.87. The Labute approximate surface area is 130 Å². The highest BCUT2D eigenvalue weighted by Crippen LogP contribution is 2.32. The number of nitrogens with zero attached hydrogens (tertiary/aromatic N) is 1. The van der Waals surface area contributed by atoms with Crippen molar-refractivity contribution in [2.24, 2.45) is 0 Å². The summed E-state index contributed by atoms with van der Waals surface area (Å²) in [6.45, 7) is 4.06. The molecule has 0 saturated carbocycles. The molecular formula is C16H19ClN2O2. The van der Waals surface area contributed by atoms with Crippen molar-refractivity contribution in [3.8, 4) is 11.5 Å². The molecule has 112 valence electrons. The van der Waals surface area contributed by atoms with Crippen LogP contribution in [0.25, 0.3) is 0 Å². The van der Waals surface area contributed by atoms with E-state index in [0.29, 0.717) is 16.7 Å². The molecule has 2 aromatic rings. The van der Waals surface area contributed by atoms with E-state index < -0.39 is 0 Å². The number of pyridine rings is 1. The quantitative estimate of drug-likeness (QED) is 0.839. The average Bonchev–Trinajstić information content (AvgIpc) is 2.50. The predicted octanol–water partition coefficient (Wildman–Crippen LogP) is 4.23. The number of nitrogens with one attached hydrogen (secondary N) is 1. The van der Waals surface area contributed by atoms with Gasteiger partial charge in [0.1, 0.15) is 0 Å². The molecule has 0 fully saturated rings. The van der Waals surface area contributed by atoms with Crippen LogP contribution in [0.4, 0.5) is 5.69 Å². The summed E-state index contributed by atoms with van der Waals surface area (Å²) < 4.78 is 10.6. The van der Waals surface area contributed by atoms with Crippen molar-refractivity contribution in [1.29, 1.82) is 0 Å². The molecule has 5 heteroatoms. The van der Waals surface area contributed by atoms with Crippen molar-refractivity contribution in [2.45, 2.75) is 19.9 Å². The molecule has 1 aromatic heterocycles. The average molecular weight is 307 g/mol. The molecule has 0 aliphatic heterocycles. The predicted molar refractivity (Wildman–Crippen MR) is 85.6 cm³/mol. The number of aryl methyl sites for hydroxylation is 1. The van der Waals surface area contributed by atoms with Crippen LogP contribution in [0.2, 0.25) is 5.15 Å². The molecular weight excluding hydrogens is 288 g/mol. The van der Waals surface area contributed by atoms with E-state index in [4.69, 9.17) is 21.1 Å². The Morgan fingerprint density at radius 3 is 2.48 bits per heavy atom. The van der Waals surface area contributed by atoms with Crippen molar-refractivity contribution >= 4 is 17.3 Å². The number of rotatable bonds is 5. The summed E-state index contributed by atoms with van der Waals surface area (Å²) in [5.74, 6) is 1.42. The van der Waals surface area contributed by atoms with Gasteiger partial charge in [0.15, 0.2) is 16.7 Å². The van der Waals surface area contributed by atoms with Crippen molar-refractivity contribution in [2.75, 3.05) is 19.5 Å². The van der Waals surface area contributed by atoms with Crippen LogP contribution in [0.3, 0.4) is 0 Å². The molecule has 0 radical (unpaired) electrons. The largest absolute Gasteiger partial charge is 0.493 e.